The van der Waals surface area contributed by atoms with E-state index in [4.69, 9.17) is 4.74 Å². The van der Waals surface area contributed by atoms with Crippen LogP contribution in [0.5, 0.6) is 0 Å². The number of nitrogens with zero attached hydrogens (tertiary/aromatic N) is 1. The van der Waals surface area contributed by atoms with Crippen LogP contribution in [0.1, 0.15) is 51.5 Å². The van der Waals surface area contributed by atoms with Crippen molar-refractivity contribution in [3.63, 3.8) is 0 Å². The van der Waals surface area contributed by atoms with Crippen molar-refractivity contribution in [3.05, 3.63) is 29.8 Å². The minimum Gasteiger partial charge on any atom is -0.375 e. The van der Waals surface area contributed by atoms with Crippen LogP contribution in [0.15, 0.2) is 24.3 Å². The molecule has 6 heteroatoms. The van der Waals surface area contributed by atoms with Gasteiger partial charge in [0.15, 0.2) is 0 Å². The lowest BCUT2D eigenvalue weighted by molar-refractivity contribution is -0.124. The van der Waals surface area contributed by atoms with Crippen molar-refractivity contribution in [2.24, 2.45) is 5.92 Å². The number of rotatable bonds is 5. The number of aryl methyl sites for hydroxylation is 1. The molecule has 6 nitrogen and oxygen atoms in total. The zero-order valence-electron chi connectivity index (χ0n) is 17.1. The van der Waals surface area contributed by atoms with Gasteiger partial charge in [0.05, 0.1) is 5.60 Å². The van der Waals surface area contributed by atoms with Crippen LogP contribution >= 0.6 is 0 Å². The van der Waals surface area contributed by atoms with Gasteiger partial charge < -0.3 is 20.3 Å². The number of benzene rings is 1. The molecule has 3 rings (SSSR count). The van der Waals surface area contributed by atoms with E-state index in [1.807, 2.05) is 23.1 Å². The van der Waals surface area contributed by atoms with E-state index < -0.39 is 0 Å². The van der Waals surface area contributed by atoms with Gasteiger partial charge in [-0.1, -0.05) is 19.1 Å². The minimum absolute atomic E-state index is 0.0267. The molecule has 2 aliphatic heterocycles. The molecule has 2 fully saturated rings. The zero-order valence-corrected chi connectivity index (χ0v) is 17.1. The highest BCUT2D eigenvalue weighted by Crippen LogP contribution is 2.38. The van der Waals surface area contributed by atoms with Crippen LogP contribution in [0.25, 0.3) is 0 Å². The Labute approximate surface area is 168 Å². The van der Waals surface area contributed by atoms with Crippen molar-refractivity contribution in [1.82, 2.24) is 10.2 Å². The van der Waals surface area contributed by atoms with E-state index in [2.05, 4.69) is 23.6 Å². The molecule has 0 radical (unpaired) electrons. The molecule has 2 saturated heterocycles. The SMILES string of the molecule is CCc1cccc(NC(=O)N2CCC3(CC2)CC(CCNC(C)=O)CCO3)c1. The number of ether oxygens (including phenoxy) is 1. The topological polar surface area (TPSA) is 70.7 Å². The van der Waals surface area contributed by atoms with Crippen LogP contribution in [0.2, 0.25) is 0 Å². The van der Waals surface area contributed by atoms with E-state index in [-0.39, 0.29) is 17.5 Å². The molecule has 1 unspecified atom stereocenters. The van der Waals surface area contributed by atoms with Crippen molar-refractivity contribution >= 4 is 17.6 Å². The van der Waals surface area contributed by atoms with E-state index in [1.165, 1.54) is 5.56 Å². The molecular formula is C22H33N3O3. The summed E-state index contributed by atoms with van der Waals surface area (Å²) in [7, 11) is 0. The molecule has 0 bridgehead atoms. The lowest BCUT2D eigenvalue weighted by atomic mass is 9.78. The third-order valence-electron chi connectivity index (χ3n) is 6.07. The van der Waals surface area contributed by atoms with Crippen molar-refractivity contribution in [2.75, 3.05) is 31.6 Å². The number of hydrogen-bond acceptors (Lipinski definition) is 3. The summed E-state index contributed by atoms with van der Waals surface area (Å²) in [5.74, 6) is 0.614. The van der Waals surface area contributed by atoms with Gasteiger partial charge in [0.25, 0.3) is 0 Å². The first-order chi connectivity index (χ1) is 13.5. The number of piperidine rings is 1. The second-order valence-electron chi connectivity index (χ2n) is 8.13. The summed E-state index contributed by atoms with van der Waals surface area (Å²) in [5, 5.41) is 5.93. The summed E-state index contributed by atoms with van der Waals surface area (Å²) >= 11 is 0. The van der Waals surface area contributed by atoms with Crippen LogP contribution in [0.3, 0.4) is 0 Å². The summed E-state index contributed by atoms with van der Waals surface area (Å²) in [6.07, 6.45) is 5.80. The predicted molar refractivity (Wildman–Crippen MR) is 110 cm³/mol. The van der Waals surface area contributed by atoms with Crippen LogP contribution in [0, 0.1) is 5.92 Å². The summed E-state index contributed by atoms with van der Waals surface area (Å²) in [6, 6.07) is 8.00. The normalized spacial score (nSPS) is 21.4. The molecule has 28 heavy (non-hydrogen) atoms. The Morgan fingerprint density at radius 1 is 1.29 bits per heavy atom. The second-order valence-corrected chi connectivity index (χ2v) is 8.13. The number of urea groups is 1. The number of nitrogens with one attached hydrogen (secondary N) is 2. The van der Waals surface area contributed by atoms with Gasteiger partial charge in [-0.2, -0.15) is 0 Å². The molecule has 1 aromatic rings. The molecule has 1 aromatic carbocycles. The summed E-state index contributed by atoms with van der Waals surface area (Å²) < 4.78 is 6.19. The number of anilines is 1. The largest absolute Gasteiger partial charge is 0.375 e. The Morgan fingerprint density at radius 3 is 2.79 bits per heavy atom. The standard InChI is InChI=1S/C22H33N3O3/c1-3-18-5-4-6-20(15-18)24-21(27)25-12-9-22(10-13-25)16-19(8-14-28-22)7-11-23-17(2)26/h4-6,15,19H,3,7-14,16H2,1-2H3,(H,23,26)(H,24,27). The van der Waals surface area contributed by atoms with Gasteiger partial charge in [0.1, 0.15) is 0 Å². The Balaban J connectivity index is 1.48. The second kappa shape index (κ2) is 9.41. The maximum absolute atomic E-state index is 12.6. The predicted octanol–water partition coefficient (Wildman–Crippen LogP) is 3.57. The van der Waals surface area contributed by atoms with Crippen LogP contribution < -0.4 is 10.6 Å². The summed E-state index contributed by atoms with van der Waals surface area (Å²) in [6.45, 7) is 6.63. The molecule has 0 aliphatic carbocycles. The zero-order chi connectivity index (χ0) is 20.0. The Bertz CT molecular complexity index is 683. The van der Waals surface area contributed by atoms with Crippen molar-refractivity contribution in [2.45, 2.75) is 58.0 Å². The number of likely N-dealkylation sites (tertiary alicyclic amines) is 1. The molecule has 0 aromatic heterocycles. The average Bonchev–Trinajstić information content (AvgIpc) is 2.68. The first-order valence-corrected chi connectivity index (χ1v) is 10.5. The first-order valence-electron chi connectivity index (χ1n) is 10.5. The average molecular weight is 388 g/mol. The fourth-order valence-corrected chi connectivity index (χ4v) is 4.37. The smallest absolute Gasteiger partial charge is 0.321 e. The highest BCUT2D eigenvalue weighted by Gasteiger charge is 2.41. The Morgan fingerprint density at radius 2 is 2.07 bits per heavy atom. The summed E-state index contributed by atoms with van der Waals surface area (Å²) in [5.41, 5.74) is 1.98. The Kier molecular flexibility index (Phi) is 6.94. The molecule has 3 amide bonds. The summed E-state index contributed by atoms with van der Waals surface area (Å²) in [4.78, 5) is 25.6. The van der Waals surface area contributed by atoms with Gasteiger partial charge >= 0.3 is 6.03 Å². The van der Waals surface area contributed by atoms with Gasteiger partial charge in [0, 0.05) is 38.9 Å². The van der Waals surface area contributed by atoms with Crippen molar-refractivity contribution < 1.29 is 14.3 Å². The quantitative estimate of drug-likeness (QED) is 0.811. The molecule has 0 saturated carbocycles. The third kappa shape index (κ3) is 5.47. The van der Waals surface area contributed by atoms with Gasteiger partial charge in [0.2, 0.25) is 5.91 Å². The first kappa shape index (κ1) is 20.6. The fourth-order valence-electron chi connectivity index (χ4n) is 4.37. The molecule has 154 valence electrons. The van der Waals surface area contributed by atoms with E-state index in [0.717, 1.165) is 70.5 Å². The van der Waals surface area contributed by atoms with E-state index in [0.29, 0.717) is 5.92 Å². The monoisotopic (exact) mass is 387 g/mol. The minimum atomic E-state index is -0.0992. The van der Waals surface area contributed by atoms with Gasteiger partial charge in [-0.15, -0.1) is 0 Å². The van der Waals surface area contributed by atoms with Crippen LogP contribution in [-0.4, -0.2) is 48.7 Å². The highest BCUT2D eigenvalue weighted by molar-refractivity contribution is 5.89. The third-order valence-corrected chi connectivity index (χ3v) is 6.07. The van der Waals surface area contributed by atoms with Crippen LogP contribution in [0.4, 0.5) is 10.5 Å². The molecule has 1 spiro atoms. The number of carbonyl (C=O) groups excluding carboxylic acids is 2. The highest BCUT2D eigenvalue weighted by atomic mass is 16.5. The molecule has 2 aliphatic rings. The molecule has 2 N–H and O–H groups in total. The molecule has 1 atom stereocenters. The number of hydrogen-bond donors (Lipinski definition) is 2. The maximum atomic E-state index is 12.6. The molecule has 2 heterocycles. The molecular weight excluding hydrogens is 354 g/mol. The van der Waals surface area contributed by atoms with Crippen LogP contribution in [-0.2, 0) is 16.0 Å². The van der Waals surface area contributed by atoms with Gasteiger partial charge in [-0.25, -0.2) is 4.79 Å². The van der Waals surface area contributed by atoms with E-state index in [9.17, 15) is 9.59 Å². The van der Waals surface area contributed by atoms with Gasteiger partial charge in [-0.05, 0) is 62.1 Å². The Hall–Kier alpha value is -2.08. The fraction of sp³-hybridized carbons (Fsp3) is 0.636. The maximum Gasteiger partial charge on any atom is 0.321 e. The lowest BCUT2D eigenvalue weighted by Crippen LogP contribution is -2.51. The van der Waals surface area contributed by atoms with Crippen molar-refractivity contribution in [1.29, 1.82) is 0 Å². The van der Waals surface area contributed by atoms with Crippen molar-refractivity contribution in [3.8, 4) is 0 Å². The number of carbonyl (C=O) groups is 2. The van der Waals surface area contributed by atoms with E-state index in [1.54, 1.807) is 6.92 Å². The van der Waals surface area contributed by atoms with Gasteiger partial charge in [-0.3, -0.25) is 4.79 Å². The lowest BCUT2D eigenvalue weighted by Gasteiger charge is -2.46. The number of amides is 3. The van der Waals surface area contributed by atoms with E-state index >= 15 is 0 Å².